The van der Waals surface area contributed by atoms with E-state index in [2.05, 4.69) is 22.9 Å². The highest BCUT2D eigenvalue weighted by Gasteiger charge is 2.10. The van der Waals surface area contributed by atoms with Gasteiger partial charge in [-0.25, -0.2) is 4.79 Å². The Bertz CT molecular complexity index is 705. The van der Waals surface area contributed by atoms with Gasteiger partial charge in [-0.3, -0.25) is 0 Å². The quantitative estimate of drug-likeness (QED) is 0.509. The molecule has 0 amide bonds. The third-order valence-corrected chi connectivity index (χ3v) is 4.61. The Kier molecular flexibility index (Phi) is 6.08. The van der Waals surface area contributed by atoms with Crippen LogP contribution in [0, 0.1) is 13.8 Å². The molecular formula is C18H18BrClO3. The summed E-state index contributed by atoms with van der Waals surface area (Å²) in [7, 11) is 0. The summed E-state index contributed by atoms with van der Waals surface area (Å²) in [4.78, 5) is 11.9. The molecule has 2 aromatic rings. The number of hydrogen-bond donors (Lipinski definition) is 0. The van der Waals surface area contributed by atoms with Gasteiger partial charge in [-0.05, 0) is 77.2 Å². The average molecular weight is 398 g/mol. The minimum absolute atomic E-state index is 0.162. The van der Waals surface area contributed by atoms with Crippen molar-refractivity contribution in [1.82, 2.24) is 0 Å². The summed E-state index contributed by atoms with van der Waals surface area (Å²) in [6.45, 7) is 5.66. The zero-order valence-corrected chi connectivity index (χ0v) is 15.6. The lowest BCUT2D eigenvalue weighted by molar-refractivity contribution is -0.136. The number of carbonyl (C=O) groups is 1. The highest BCUT2D eigenvalue weighted by Crippen LogP contribution is 2.27. The van der Waals surface area contributed by atoms with E-state index in [-0.39, 0.29) is 6.61 Å². The van der Waals surface area contributed by atoms with Crippen LogP contribution in [0.4, 0.5) is 0 Å². The van der Waals surface area contributed by atoms with Gasteiger partial charge in [0.1, 0.15) is 11.5 Å². The Morgan fingerprint density at radius 2 is 1.83 bits per heavy atom. The van der Waals surface area contributed by atoms with Crippen LogP contribution in [0.2, 0.25) is 5.02 Å². The molecule has 0 aliphatic carbocycles. The van der Waals surface area contributed by atoms with Gasteiger partial charge in [0.05, 0.1) is 4.47 Å². The first-order valence-electron chi connectivity index (χ1n) is 7.29. The van der Waals surface area contributed by atoms with Crippen LogP contribution < -0.4 is 9.47 Å². The van der Waals surface area contributed by atoms with E-state index in [4.69, 9.17) is 21.1 Å². The summed E-state index contributed by atoms with van der Waals surface area (Å²) in [6, 6.07) is 9.26. The van der Waals surface area contributed by atoms with Crippen molar-refractivity contribution in [3.8, 4) is 11.5 Å². The zero-order chi connectivity index (χ0) is 17.0. The lowest BCUT2D eigenvalue weighted by Crippen LogP contribution is -2.18. The molecule has 0 spiro atoms. The van der Waals surface area contributed by atoms with Gasteiger partial charge in [0.15, 0.2) is 6.61 Å². The minimum atomic E-state index is -0.461. The second-order valence-electron chi connectivity index (χ2n) is 5.25. The number of aryl methyl sites for hydroxylation is 3. The summed E-state index contributed by atoms with van der Waals surface area (Å²) in [5.41, 5.74) is 2.93. The summed E-state index contributed by atoms with van der Waals surface area (Å²) < 4.78 is 11.6. The molecule has 0 saturated carbocycles. The van der Waals surface area contributed by atoms with Crippen LogP contribution in [0.25, 0.3) is 0 Å². The van der Waals surface area contributed by atoms with Gasteiger partial charge in [0.2, 0.25) is 0 Å². The van der Waals surface area contributed by atoms with Gasteiger partial charge in [0, 0.05) is 5.02 Å². The Hall–Kier alpha value is -1.52. The Balaban J connectivity index is 1.98. The predicted octanol–water partition coefficient (Wildman–Crippen LogP) is 5.27. The molecule has 2 aromatic carbocycles. The molecule has 0 aliphatic rings. The molecule has 0 atom stereocenters. The van der Waals surface area contributed by atoms with E-state index in [0.717, 1.165) is 22.0 Å². The minimum Gasteiger partial charge on any atom is -0.481 e. The number of esters is 1. The van der Waals surface area contributed by atoms with Gasteiger partial charge in [-0.15, -0.1) is 0 Å². The molecule has 0 saturated heterocycles. The fourth-order valence-corrected chi connectivity index (χ4v) is 2.79. The molecule has 122 valence electrons. The van der Waals surface area contributed by atoms with Crippen LogP contribution >= 0.6 is 27.5 Å². The third-order valence-electron chi connectivity index (χ3n) is 3.39. The largest absolute Gasteiger partial charge is 0.481 e. The third kappa shape index (κ3) is 4.72. The average Bonchev–Trinajstić information content (AvgIpc) is 2.51. The summed E-state index contributed by atoms with van der Waals surface area (Å²) in [6.07, 6.45) is 0.941. The van der Waals surface area contributed by atoms with Crippen molar-refractivity contribution in [2.24, 2.45) is 0 Å². The van der Waals surface area contributed by atoms with Crippen LogP contribution in [0.3, 0.4) is 0 Å². The summed E-state index contributed by atoms with van der Waals surface area (Å²) in [5.74, 6) is 0.624. The number of benzene rings is 2. The molecular weight excluding hydrogens is 380 g/mol. The molecule has 23 heavy (non-hydrogen) atoms. The highest BCUT2D eigenvalue weighted by atomic mass is 79.9. The van der Waals surface area contributed by atoms with Crippen LogP contribution in [-0.4, -0.2) is 12.6 Å². The van der Waals surface area contributed by atoms with Crippen molar-refractivity contribution in [2.45, 2.75) is 27.2 Å². The SMILES string of the molecule is CCc1ccc(OCC(=O)Oc2cc(C)c(Cl)c(C)c2)c(Br)c1. The maximum absolute atomic E-state index is 11.9. The van der Waals surface area contributed by atoms with E-state index < -0.39 is 5.97 Å². The molecule has 0 radical (unpaired) electrons. The number of ether oxygens (including phenoxy) is 2. The van der Waals surface area contributed by atoms with Crippen molar-refractivity contribution in [1.29, 1.82) is 0 Å². The number of carbonyl (C=O) groups excluding carboxylic acids is 1. The maximum Gasteiger partial charge on any atom is 0.349 e. The van der Waals surface area contributed by atoms with Crippen LogP contribution in [0.1, 0.15) is 23.6 Å². The van der Waals surface area contributed by atoms with Crippen molar-refractivity contribution < 1.29 is 14.3 Å². The van der Waals surface area contributed by atoms with Crippen molar-refractivity contribution in [2.75, 3.05) is 6.61 Å². The fraction of sp³-hybridized carbons (Fsp3) is 0.278. The van der Waals surface area contributed by atoms with E-state index in [9.17, 15) is 4.79 Å². The van der Waals surface area contributed by atoms with Gasteiger partial charge >= 0.3 is 5.97 Å². The topological polar surface area (TPSA) is 35.5 Å². The molecule has 5 heteroatoms. The van der Waals surface area contributed by atoms with E-state index in [1.54, 1.807) is 12.1 Å². The lowest BCUT2D eigenvalue weighted by Gasteiger charge is -2.11. The van der Waals surface area contributed by atoms with Crippen molar-refractivity contribution in [3.05, 3.63) is 56.5 Å². The zero-order valence-electron chi connectivity index (χ0n) is 13.3. The molecule has 2 rings (SSSR count). The molecule has 3 nitrogen and oxygen atoms in total. The van der Waals surface area contributed by atoms with E-state index in [1.807, 2.05) is 32.0 Å². The first-order valence-corrected chi connectivity index (χ1v) is 8.46. The van der Waals surface area contributed by atoms with Crippen LogP contribution in [0.15, 0.2) is 34.8 Å². The molecule has 0 bridgehead atoms. The second kappa shape index (κ2) is 7.84. The van der Waals surface area contributed by atoms with E-state index >= 15 is 0 Å². The monoisotopic (exact) mass is 396 g/mol. The summed E-state index contributed by atoms with van der Waals surface area (Å²) in [5, 5.41) is 0.681. The van der Waals surface area contributed by atoms with Crippen molar-refractivity contribution >= 4 is 33.5 Å². The van der Waals surface area contributed by atoms with Gasteiger partial charge in [-0.2, -0.15) is 0 Å². The molecule has 0 heterocycles. The van der Waals surface area contributed by atoms with Gasteiger partial charge in [0.25, 0.3) is 0 Å². The number of hydrogen-bond acceptors (Lipinski definition) is 3. The molecule has 0 fully saturated rings. The highest BCUT2D eigenvalue weighted by molar-refractivity contribution is 9.10. The molecule has 0 aliphatic heterocycles. The number of rotatable bonds is 5. The Morgan fingerprint density at radius 3 is 2.39 bits per heavy atom. The Labute approximate surface area is 149 Å². The van der Waals surface area contributed by atoms with Crippen LogP contribution in [-0.2, 0) is 11.2 Å². The first kappa shape index (κ1) is 17.8. The van der Waals surface area contributed by atoms with Crippen LogP contribution in [0.5, 0.6) is 11.5 Å². The lowest BCUT2D eigenvalue weighted by atomic mass is 10.1. The normalized spacial score (nSPS) is 10.5. The standard InChI is InChI=1S/C18H18BrClO3/c1-4-13-5-6-16(15(19)9-13)22-10-17(21)23-14-7-11(2)18(20)12(3)8-14/h5-9H,4,10H2,1-3H3. The van der Waals surface area contributed by atoms with E-state index in [0.29, 0.717) is 16.5 Å². The van der Waals surface area contributed by atoms with E-state index in [1.165, 1.54) is 5.56 Å². The van der Waals surface area contributed by atoms with Gasteiger partial charge < -0.3 is 9.47 Å². The second-order valence-corrected chi connectivity index (χ2v) is 6.48. The Morgan fingerprint density at radius 1 is 1.17 bits per heavy atom. The smallest absolute Gasteiger partial charge is 0.349 e. The van der Waals surface area contributed by atoms with Gasteiger partial charge in [-0.1, -0.05) is 24.6 Å². The molecule has 0 aromatic heterocycles. The number of halogens is 2. The van der Waals surface area contributed by atoms with Crippen molar-refractivity contribution in [3.63, 3.8) is 0 Å². The molecule has 0 N–H and O–H groups in total. The first-order chi connectivity index (χ1) is 10.9. The maximum atomic E-state index is 11.9. The molecule has 0 unspecified atom stereocenters. The summed E-state index contributed by atoms with van der Waals surface area (Å²) >= 11 is 9.54. The fourth-order valence-electron chi connectivity index (χ4n) is 2.14. The predicted molar refractivity (Wildman–Crippen MR) is 95.6 cm³/mol.